The molecule has 1 unspecified atom stereocenters. The zero-order chi connectivity index (χ0) is 13.9. The highest BCUT2D eigenvalue weighted by Crippen LogP contribution is 2.15. The van der Waals surface area contributed by atoms with Crippen LogP contribution in [0.5, 0.6) is 0 Å². The summed E-state index contributed by atoms with van der Waals surface area (Å²) in [6.45, 7) is 3.02. The number of hydrogen-bond acceptors (Lipinski definition) is 3. The molecule has 1 atom stereocenters. The molecule has 1 N–H and O–H groups in total. The molecule has 0 radical (unpaired) electrons. The number of sulfone groups is 1. The number of carboxylic acid groups (broad SMARTS) is 1. The summed E-state index contributed by atoms with van der Waals surface area (Å²) < 4.78 is 36.6. The molecule has 1 aromatic carbocycles. The van der Waals surface area contributed by atoms with Crippen LogP contribution in [-0.2, 0) is 20.4 Å². The Morgan fingerprint density at radius 2 is 2.06 bits per heavy atom. The molecule has 0 aliphatic carbocycles. The quantitative estimate of drug-likeness (QED) is 0.888. The van der Waals surface area contributed by atoms with Crippen molar-refractivity contribution in [2.45, 2.75) is 19.6 Å². The highest BCUT2D eigenvalue weighted by molar-refractivity contribution is 7.90. The number of rotatable bonds is 5. The summed E-state index contributed by atoms with van der Waals surface area (Å²) in [6.07, 6.45) is 0. The summed E-state index contributed by atoms with van der Waals surface area (Å²) >= 11 is 0. The molecule has 0 amide bonds. The summed E-state index contributed by atoms with van der Waals surface area (Å²) in [5.41, 5.74) is 1.04. The van der Waals surface area contributed by atoms with Crippen molar-refractivity contribution in [3.63, 3.8) is 0 Å². The van der Waals surface area contributed by atoms with Crippen molar-refractivity contribution < 1.29 is 22.7 Å². The number of benzene rings is 1. The fourth-order valence-electron chi connectivity index (χ4n) is 1.54. The predicted octanol–water partition coefficient (Wildman–Crippen LogP) is 1.77. The Morgan fingerprint density at radius 1 is 1.44 bits per heavy atom. The lowest BCUT2D eigenvalue weighted by Gasteiger charge is -2.09. The first kappa shape index (κ1) is 14.6. The van der Waals surface area contributed by atoms with E-state index in [2.05, 4.69) is 0 Å². The molecule has 18 heavy (non-hydrogen) atoms. The maximum Gasteiger partial charge on any atom is 0.307 e. The van der Waals surface area contributed by atoms with Crippen LogP contribution in [0.3, 0.4) is 0 Å². The fourth-order valence-corrected chi connectivity index (χ4v) is 3.35. The van der Waals surface area contributed by atoms with Gasteiger partial charge in [0.05, 0.1) is 17.4 Å². The number of hydrogen-bond donors (Lipinski definition) is 1. The largest absolute Gasteiger partial charge is 0.481 e. The van der Waals surface area contributed by atoms with Crippen LogP contribution in [0.1, 0.15) is 18.1 Å². The van der Waals surface area contributed by atoms with Crippen LogP contribution >= 0.6 is 0 Å². The lowest BCUT2D eigenvalue weighted by molar-refractivity contribution is -0.140. The van der Waals surface area contributed by atoms with Crippen LogP contribution in [-0.4, -0.2) is 25.2 Å². The highest BCUT2D eigenvalue weighted by Gasteiger charge is 2.22. The second kappa shape index (κ2) is 5.48. The van der Waals surface area contributed by atoms with Crippen LogP contribution in [0.25, 0.3) is 0 Å². The molecule has 100 valence electrons. The maximum atomic E-state index is 13.0. The second-order valence-corrected chi connectivity index (χ2v) is 6.47. The van der Waals surface area contributed by atoms with Gasteiger partial charge in [0.1, 0.15) is 5.82 Å². The summed E-state index contributed by atoms with van der Waals surface area (Å²) in [5.74, 6) is -3.41. The van der Waals surface area contributed by atoms with Crippen molar-refractivity contribution in [3.05, 3.63) is 35.1 Å². The van der Waals surface area contributed by atoms with Crippen molar-refractivity contribution in [2.75, 3.05) is 5.75 Å². The summed E-state index contributed by atoms with van der Waals surface area (Å²) in [6, 6.07) is 3.92. The van der Waals surface area contributed by atoms with Gasteiger partial charge < -0.3 is 5.11 Å². The van der Waals surface area contributed by atoms with Crippen molar-refractivity contribution in [1.29, 1.82) is 0 Å². The topological polar surface area (TPSA) is 71.4 Å². The Hall–Kier alpha value is -1.43. The summed E-state index contributed by atoms with van der Waals surface area (Å²) in [4.78, 5) is 10.6. The third-order valence-corrected chi connectivity index (χ3v) is 4.37. The van der Waals surface area contributed by atoms with Gasteiger partial charge in [-0.2, -0.15) is 0 Å². The second-order valence-electron chi connectivity index (χ2n) is 4.36. The predicted molar refractivity (Wildman–Crippen MR) is 65.4 cm³/mol. The molecule has 0 saturated heterocycles. The van der Waals surface area contributed by atoms with Gasteiger partial charge in [0.25, 0.3) is 0 Å². The van der Waals surface area contributed by atoms with E-state index >= 15 is 0 Å². The average molecular weight is 274 g/mol. The van der Waals surface area contributed by atoms with Gasteiger partial charge in [0, 0.05) is 0 Å². The van der Waals surface area contributed by atoms with Gasteiger partial charge in [-0.25, -0.2) is 12.8 Å². The Bertz CT molecular complexity index is 551. The van der Waals surface area contributed by atoms with E-state index in [1.807, 2.05) is 0 Å². The Kier molecular flexibility index (Phi) is 4.45. The van der Waals surface area contributed by atoms with Gasteiger partial charge >= 0.3 is 5.97 Å². The summed E-state index contributed by atoms with van der Waals surface area (Å²) in [7, 11) is -3.57. The molecule has 0 spiro atoms. The van der Waals surface area contributed by atoms with Crippen LogP contribution in [0.15, 0.2) is 18.2 Å². The maximum absolute atomic E-state index is 13.0. The molecule has 0 aliphatic heterocycles. The molecule has 1 rings (SSSR count). The molecule has 1 aromatic rings. The lowest BCUT2D eigenvalue weighted by Crippen LogP contribution is -2.22. The van der Waals surface area contributed by atoms with E-state index in [4.69, 9.17) is 5.11 Å². The number of halogens is 1. The third kappa shape index (κ3) is 4.10. The lowest BCUT2D eigenvalue weighted by atomic mass is 10.1. The van der Waals surface area contributed by atoms with Gasteiger partial charge in [0.15, 0.2) is 9.84 Å². The van der Waals surface area contributed by atoms with Gasteiger partial charge in [-0.15, -0.1) is 0 Å². The van der Waals surface area contributed by atoms with E-state index in [0.717, 1.165) is 6.07 Å². The van der Waals surface area contributed by atoms with Crippen molar-refractivity contribution in [1.82, 2.24) is 0 Å². The van der Waals surface area contributed by atoms with E-state index in [0.29, 0.717) is 11.1 Å². The van der Waals surface area contributed by atoms with E-state index in [1.54, 1.807) is 6.92 Å². The average Bonchev–Trinajstić information content (AvgIpc) is 2.22. The summed E-state index contributed by atoms with van der Waals surface area (Å²) in [5, 5.41) is 8.69. The van der Waals surface area contributed by atoms with Crippen LogP contribution in [0.2, 0.25) is 0 Å². The van der Waals surface area contributed by atoms with Gasteiger partial charge in [-0.05, 0) is 30.2 Å². The normalized spacial score (nSPS) is 13.3. The molecular weight excluding hydrogens is 259 g/mol. The van der Waals surface area contributed by atoms with E-state index < -0.39 is 33.3 Å². The molecule has 6 heteroatoms. The third-order valence-electron chi connectivity index (χ3n) is 2.61. The molecule has 0 aliphatic rings. The zero-order valence-corrected chi connectivity index (χ0v) is 11.0. The van der Waals surface area contributed by atoms with Crippen LogP contribution in [0.4, 0.5) is 4.39 Å². The minimum Gasteiger partial charge on any atom is -0.481 e. The van der Waals surface area contributed by atoms with E-state index in [9.17, 15) is 17.6 Å². The van der Waals surface area contributed by atoms with E-state index in [1.165, 1.54) is 19.1 Å². The fraction of sp³-hybridized carbons (Fsp3) is 0.417. The van der Waals surface area contributed by atoms with Crippen molar-refractivity contribution in [2.24, 2.45) is 5.92 Å². The SMILES string of the molecule is Cc1ccc(F)cc1CS(=O)(=O)CC(C)C(=O)O. The minimum atomic E-state index is -3.57. The highest BCUT2D eigenvalue weighted by atomic mass is 32.2. The van der Waals surface area contributed by atoms with Crippen LogP contribution < -0.4 is 0 Å². The number of carbonyl (C=O) groups is 1. The molecule has 0 saturated carbocycles. The first-order valence-corrected chi connectivity index (χ1v) is 7.21. The Morgan fingerprint density at radius 3 is 2.61 bits per heavy atom. The monoisotopic (exact) mass is 274 g/mol. The van der Waals surface area contributed by atoms with Crippen molar-refractivity contribution in [3.8, 4) is 0 Å². The number of carboxylic acids is 1. The number of aliphatic carboxylic acids is 1. The minimum absolute atomic E-state index is 0.339. The first-order chi connectivity index (χ1) is 8.21. The molecule has 0 bridgehead atoms. The van der Waals surface area contributed by atoms with Crippen LogP contribution in [0, 0.1) is 18.7 Å². The first-order valence-electron chi connectivity index (χ1n) is 5.39. The standard InChI is InChI=1S/C12H15FO4S/c1-8-3-4-11(13)5-10(8)7-18(16,17)6-9(2)12(14)15/h3-5,9H,6-7H2,1-2H3,(H,14,15). The van der Waals surface area contributed by atoms with Crippen molar-refractivity contribution >= 4 is 15.8 Å². The molecular formula is C12H15FO4S. The van der Waals surface area contributed by atoms with Gasteiger partial charge in [-0.1, -0.05) is 13.0 Å². The van der Waals surface area contributed by atoms with Gasteiger partial charge in [-0.3, -0.25) is 4.79 Å². The zero-order valence-electron chi connectivity index (χ0n) is 10.2. The molecule has 0 aromatic heterocycles. The number of aryl methyl sites for hydroxylation is 1. The van der Waals surface area contributed by atoms with Gasteiger partial charge in [0.2, 0.25) is 0 Å². The molecule has 0 heterocycles. The van der Waals surface area contributed by atoms with E-state index in [-0.39, 0.29) is 5.75 Å². The molecule has 4 nitrogen and oxygen atoms in total. The Balaban J connectivity index is 2.89. The molecule has 0 fully saturated rings. The Labute approximate surface area is 105 Å². The smallest absolute Gasteiger partial charge is 0.307 e.